The lowest BCUT2D eigenvalue weighted by atomic mass is 10.2. The van der Waals surface area contributed by atoms with E-state index in [0.717, 1.165) is 29.3 Å². The number of ether oxygens (including phenoxy) is 1. The summed E-state index contributed by atoms with van der Waals surface area (Å²) in [5, 5.41) is 2.98. The second kappa shape index (κ2) is 7.13. The van der Waals surface area contributed by atoms with Gasteiger partial charge in [0.25, 0.3) is 0 Å². The van der Waals surface area contributed by atoms with Crippen molar-refractivity contribution in [1.82, 2.24) is 9.88 Å². The zero-order valence-corrected chi connectivity index (χ0v) is 14.4. The molecule has 0 radical (unpaired) electrons. The van der Waals surface area contributed by atoms with Gasteiger partial charge in [0, 0.05) is 17.8 Å². The van der Waals surface area contributed by atoms with Crippen LogP contribution in [0.4, 0.5) is 0 Å². The van der Waals surface area contributed by atoms with Crippen LogP contribution < -0.4 is 4.74 Å². The Bertz CT molecular complexity index is 662. The summed E-state index contributed by atoms with van der Waals surface area (Å²) in [4.78, 5) is 18.6. The number of amides is 1. The Morgan fingerprint density at radius 2 is 2.09 bits per heavy atom. The first-order chi connectivity index (χ1) is 11.2. The first-order valence-electron chi connectivity index (χ1n) is 8.08. The van der Waals surface area contributed by atoms with Crippen molar-refractivity contribution in [3.63, 3.8) is 0 Å². The first-order valence-corrected chi connectivity index (χ1v) is 8.96. The number of carbonyl (C=O) groups is 1. The minimum atomic E-state index is 0.220. The van der Waals surface area contributed by atoms with Crippen molar-refractivity contribution in [2.24, 2.45) is 0 Å². The van der Waals surface area contributed by atoms with Crippen LogP contribution in [0.25, 0.3) is 0 Å². The molecular weight excluding hydrogens is 308 g/mol. The number of carbonyl (C=O) groups excluding carboxylic acids is 1. The Balaban J connectivity index is 1.57. The molecule has 1 aliphatic carbocycles. The molecule has 23 heavy (non-hydrogen) atoms. The molecular formula is C18H22N2O2S. The van der Waals surface area contributed by atoms with Gasteiger partial charge in [0.1, 0.15) is 17.4 Å². The number of benzene rings is 1. The zero-order valence-electron chi connectivity index (χ0n) is 13.6. The van der Waals surface area contributed by atoms with Gasteiger partial charge in [0.2, 0.25) is 5.91 Å². The maximum atomic E-state index is 12.0. The number of hydrogen-bond acceptors (Lipinski definition) is 4. The molecule has 0 bridgehead atoms. The van der Waals surface area contributed by atoms with Gasteiger partial charge in [-0.05, 0) is 31.9 Å². The topological polar surface area (TPSA) is 42.4 Å². The number of thiazole rings is 1. The van der Waals surface area contributed by atoms with E-state index >= 15 is 0 Å². The van der Waals surface area contributed by atoms with Gasteiger partial charge in [0.15, 0.2) is 0 Å². The number of hydrogen-bond donors (Lipinski definition) is 0. The summed E-state index contributed by atoms with van der Waals surface area (Å²) in [7, 11) is 0. The molecule has 4 nitrogen and oxygen atoms in total. The summed E-state index contributed by atoms with van der Waals surface area (Å²) in [6.45, 7) is 5.07. The molecule has 1 heterocycles. The summed E-state index contributed by atoms with van der Waals surface area (Å²) >= 11 is 1.59. The van der Waals surface area contributed by atoms with Gasteiger partial charge in [-0.25, -0.2) is 4.98 Å². The van der Waals surface area contributed by atoms with Crippen molar-refractivity contribution >= 4 is 17.2 Å². The van der Waals surface area contributed by atoms with E-state index in [-0.39, 0.29) is 5.91 Å². The average molecular weight is 330 g/mol. The highest BCUT2D eigenvalue weighted by atomic mass is 32.1. The second-order valence-corrected chi connectivity index (χ2v) is 6.88. The molecule has 0 N–H and O–H groups in total. The van der Waals surface area contributed by atoms with Gasteiger partial charge in [-0.2, -0.15) is 0 Å². The molecule has 0 spiro atoms. The second-order valence-electron chi connectivity index (χ2n) is 5.94. The fourth-order valence-electron chi connectivity index (χ4n) is 2.45. The summed E-state index contributed by atoms with van der Waals surface area (Å²) in [5.74, 6) is 1.08. The van der Waals surface area contributed by atoms with E-state index < -0.39 is 0 Å². The molecule has 1 fully saturated rings. The third kappa shape index (κ3) is 4.32. The Morgan fingerprint density at radius 3 is 2.74 bits per heavy atom. The summed E-state index contributed by atoms with van der Waals surface area (Å²) < 4.78 is 5.76. The van der Waals surface area contributed by atoms with Crippen LogP contribution in [0.1, 0.15) is 42.5 Å². The van der Waals surface area contributed by atoms with Crippen molar-refractivity contribution in [2.45, 2.75) is 52.3 Å². The van der Waals surface area contributed by atoms with Crippen LogP contribution in [-0.2, 0) is 17.9 Å². The van der Waals surface area contributed by atoms with Crippen LogP contribution in [0.15, 0.2) is 29.6 Å². The van der Waals surface area contributed by atoms with Gasteiger partial charge in [0.05, 0.1) is 12.2 Å². The van der Waals surface area contributed by atoms with Crippen molar-refractivity contribution < 1.29 is 9.53 Å². The third-order valence-electron chi connectivity index (χ3n) is 3.93. The first kappa shape index (κ1) is 16.0. The van der Waals surface area contributed by atoms with E-state index in [1.54, 1.807) is 11.3 Å². The van der Waals surface area contributed by atoms with E-state index in [1.807, 2.05) is 41.5 Å². The molecule has 122 valence electrons. The SMILES string of the molecule is CCC(=O)N(Cc1csc(COc2ccc(C)cc2)n1)C1CC1. The highest BCUT2D eigenvalue weighted by molar-refractivity contribution is 7.09. The largest absolute Gasteiger partial charge is 0.486 e. The fourth-order valence-corrected chi connectivity index (χ4v) is 3.15. The molecule has 2 aromatic rings. The lowest BCUT2D eigenvalue weighted by Crippen LogP contribution is -2.32. The Morgan fingerprint density at radius 1 is 1.35 bits per heavy atom. The van der Waals surface area contributed by atoms with Crippen molar-refractivity contribution in [1.29, 1.82) is 0 Å². The van der Waals surface area contributed by atoms with E-state index in [1.165, 1.54) is 5.56 Å². The van der Waals surface area contributed by atoms with E-state index in [0.29, 0.717) is 25.6 Å². The molecule has 5 heteroatoms. The highest BCUT2D eigenvalue weighted by Crippen LogP contribution is 2.29. The Labute approximate surface area is 141 Å². The van der Waals surface area contributed by atoms with Gasteiger partial charge in [-0.1, -0.05) is 24.6 Å². The molecule has 0 saturated heterocycles. The van der Waals surface area contributed by atoms with Gasteiger partial charge in [-0.3, -0.25) is 4.79 Å². The molecule has 0 unspecified atom stereocenters. The predicted molar refractivity (Wildman–Crippen MR) is 91.5 cm³/mol. The minimum absolute atomic E-state index is 0.220. The molecule has 1 saturated carbocycles. The minimum Gasteiger partial charge on any atom is -0.486 e. The number of rotatable bonds is 7. The number of nitrogens with zero attached hydrogens (tertiary/aromatic N) is 2. The molecule has 3 rings (SSSR count). The standard InChI is InChI=1S/C18H22N2O2S/c1-3-18(21)20(15-6-7-15)10-14-12-23-17(19-14)11-22-16-8-4-13(2)5-9-16/h4-5,8-9,12,15H,3,6-7,10-11H2,1-2H3. The Kier molecular flexibility index (Phi) is 4.96. The predicted octanol–water partition coefficient (Wildman–Crippen LogP) is 3.93. The van der Waals surface area contributed by atoms with Gasteiger partial charge >= 0.3 is 0 Å². The quantitative estimate of drug-likeness (QED) is 0.772. The molecule has 1 aromatic carbocycles. The lowest BCUT2D eigenvalue weighted by molar-refractivity contribution is -0.132. The van der Waals surface area contributed by atoms with Gasteiger partial charge < -0.3 is 9.64 Å². The van der Waals surface area contributed by atoms with Crippen molar-refractivity contribution in [2.75, 3.05) is 0 Å². The van der Waals surface area contributed by atoms with Crippen molar-refractivity contribution in [3.8, 4) is 5.75 Å². The van der Waals surface area contributed by atoms with E-state index in [2.05, 4.69) is 11.9 Å². The lowest BCUT2D eigenvalue weighted by Gasteiger charge is -2.20. The Hall–Kier alpha value is -1.88. The molecule has 1 aromatic heterocycles. The zero-order chi connectivity index (χ0) is 16.2. The van der Waals surface area contributed by atoms with Crippen LogP contribution in [0.5, 0.6) is 5.75 Å². The normalized spacial score (nSPS) is 13.8. The average Bonchev–Trinajstić information content (AvgIpc) is 3.31. The van der Waals surface area contributed by atoms with Crippen LogP contribution in [0.3, 0.4) is 0 Å². The van der Waals surface area contributed by atoms with Crippen LogP contribution >= 0.6 is 11.3 Å². The summed E-state index contributed by atoms with van der Waals surface area (Å²) in [6, 6.07) is 8.44. The summed E-state index contributed by atoms with van der Waals surface area (Å²) in [6.07, 6.45) is 2.81. The monoisotopic (exact) mass is 330 g/mol. The highest BCUT2D eigenvalue weighted by Gasteiger charge is 2.32. The molecule has 1 amide bonds. The number of aromatic nitrogens is 1. The van der Waals surface area contributed by atoms with Crippen molar-refractivity contribution in [3.05, 3.63) is 45.9 Å². The maximum absolute atomic E-state index is 12.0. The maximum Gasteiger partial charge on any atom is 0.222 e. The van der Waals surface area contributed by atoms with E-state index in [9.17, 15) is 4.79 Å². The molecule has 1 aliphatic rings. The number of aryl methyl sites for hydroxylation is 1. The molecule has 0 aliphatic heterocycles. The summed E-state index contributed by atoms with van der Waals surface area (Å²) in [5.41, 5.74) is 2.18. The van der Waals surface area contributed by atoms with Gasteiger partial charge in [-0.15, -0.1) is 11.3 Å². The third-order valence-corrected chi connectivity index (χ3v) is 4.80. The van der Waals surface area contributed by atoms with Crippen LogP contribution in [-0.4, -0.2) is 21.8 Å². The molecule has 0 atom stereocenters. The smallest absolute Gasteiger partial charge is 0.222 e. The van der Waals surface area contributed by atoms with E-state index in [4.69, 9.17) is 4.74 Å². The fraction of sp³-hybridized carbons (Fsp3) is 0.444. The van der Waals surface area contributed by atoms with Crippen LogP contribution in [0, 0.1) is 6.92 Å². The van der Waals surface area contributed by atoms with Crippen LogP contribution in [0.2, 0.25) is 0 Å².